The van der Waals surface area contributed by atoms with Crippen LogP contribution in [0.15, 0.2) is 48.8 Å². The van der Waals surface area contributed by atoms with Crippen molar-refractivity contribution < 1.29 is 9.59 Å². The predicted octanol–water partition coefficient (Wildman–Crippen LogP) is 4.70. The zero-order valence-electron chi connectivity index (χ0n) is 23.9. The molecule has 1 saturated heterocycles. The second kappa shape index (κ2) is 10.5. The maximum Gasteiger partial charge on any atom is 0.259 e. The van der Waals surface area contributed by atoms with Gasteiger partial charge in [0, 0.05) is 91.4 Å². The summed E-state index contributed by atoms with van der Waals surface area (Å²) in [5, 5.41) is 4.50. The summed E-state index contributed by atoms with van der Waals surface area (Å²) >= 11 is 0. The van der Waals surface area contributed by atoms with Crippen LogP contribution in [-0.4, -0.2) is 74.1 Å². The second-order valence-electron chi connectivity index (χ2n) is 11.4. The molecule has 2 aliphatic rings. The third kappa shape index (κ3) is 4.66. The zero-order chi connectivity index (χ0) is 28.0. The molecule has 4 aromatic rings. The highest BCUT2D eigenvalue weighted by atomic mass is 16.2. The number of aryl methyl sites for hydroxylation is 1. The molecule has 2 aromatic carbocycles. The summed E-state index contributed by atoms with van der Waals surface area (Å²) in [6, 6.07) is 12.5. The fourth-order valence-corrected chi connectivity index (χ4v) is 6.16. The summed E-state index contributed by atoms with van der Waals surface area (Å²) < 4.78 is 2.26. The molecule has 1 fully saturated rings. The number of rotatable bonds is 8. The van der Waals surface area contributed by atoms with E-state index >= 15 is 0 Å². The molecule has 0 unspecified atom stereocenters. The van der Waals surface area contributed by atoms with Crippen LogP contribution >= 0.6 is 0 Å². The molecule has 0 bridgehead atoms. The Morgan fingerprint density at radius 3 is 2.12 bits per heavy atom. The fraction of sp³-hybridized carbons (Fsp3) is 0.375. The average molecular weight is 539 g/mol. The smallest absolute Gasteiger partial charge is 0.259 e. The van der Waals surface area contributed by atoms with Gasteiger partial charge in [-0.05, 0) is 75.3 Å². The fourth-order valence-electron chi connectivity index (χ4n) is 6.16. The topological polar surface area (TPSA) is 76.6 Å². The summed E-state index contributed by atoms with van der Waals surface area (Å²) in [5.41, 5.74) is 6.49. The number of carbonyl (C=O) groups excluding carboxylic acids is 2. The highest BCUT2D eigenvalue weighted by molar-refractivity contribution is 6.50. The molecular weight excluding hydrogens is 500 g/mol. The van der Waals surface area contributed by atoms with Gasteiger partial charge in [0.1, 0.15) is 0 Å². The number of fused-ring (bicyclic) bond motifs is 2. The molecule has 8 heteroatoms. The van der Waals surface area contributed by atoms with Gasteiger partial charge in [-0.25, -0.2) is 0 Å². The Balaban J connectivity index is 1.48. The summed E-state index contributed by atoms with van der Waals surface area (Å²) in [6.07, 6.45) is 8.86. The van der Waals surface area contributed by atoms with E-state index in [1.807, 2.05) is 51.4 Å². The van der Waals surface area contributed by atoms with E-state index < -0.39 is 0 Å². The normalized spacial score (nSPS) is 16.4. The van der Waals surface area contributed by atoms with Crippen molar-refractivity contribution >= 4 is 56.1 Å². The molecule has 6 rings (SSSR count). The summed E-state index contributed by atoms with van der Waals surface area (Å²) in [6.45, 7) is 4.29. The van der Waals surface area contributed by atoms with Crippen molar-refractivity contribution in [2.75, 3.05) is 57.6 Å². The largest absolute Gasteiger partial charge is 0.378 e. The second-order valence-corrected chi connectivity index (χ2v) is 11.4. The quantitative estimate of drug-likeness (QED) is 0.318. The van der Waals surface area contributed by atoms with E-state index in [1.54, 1.807) is 0 Å². The first kappa shape index (κ1) is 26.2. The number of hydrogen-bond acceptors (Lipinski definition) is 5. The lowest BCUT2D eigenvalue weighted by Crippen LogP contribution is -2.31. The van der Waals surface area contributed by atoms with Crippen LogP contribution in [0.25, 0.3) is 33.0 Å². The lowest BCUT2D eigenvalue weighted by atomic mass is 9.95. The van der Waals surface area contributed by atoms with Gasteiger partial charge >= 0.3 is 0 Å². The molecule has 0 spiro atoms. The van der Waals surface area contributed by atoms with Crippen molar-refractivity contribution in [1.82, 2.24) is 19.8 Å². The first-order chi connectivity index (χ1) is 19.3. The Morgan fingerprint density at radius 1 is 0.775 bits per heavy atom. The number of carbonyl (C=O) groups is 2. The zero-order valence-corrected chi connectivity index (χ0v) is 23.9. The molecular formula is C32H38N6O2. The Morgan fingerprint density at radius 2 is 1.43 bits per heavy atom. The van der Waals surface area contributed by atoms with Gasteiger partial charge in [0.05, 0.1) is 11.1 Å². The number of amides is 2. The van der Waals surface area contributed by atoms with Gasteiger partial charge in [0.25, 0.3) is 11.8 Å². The number of nitrogens with zero attached hydrogens (tertiary/aromatic N) is 4. The molecule has 0 saturated carbocycles. The number of imide groups is 1. The lowest BCUT2D eigenvalue weighted by Gasteiger charge is -2.26. The van der Waals surface area contributed by atoms with Crippen LogP contribution in [0.4, 0.5) is 11.4 Å². The summed E-state index contributed by atoms with van der Waals surface area (Å²) in [7, 11) is 8.02. The van der Waals surface area contributed by atoms with E-state index in [-0.39, 0.29) is 11.8 Å². The van der Waals surface area contributed by atoms with Crippen LogP contribution in [0.5, 0.6) is 0 Å². The Bertz CT molecular complexity index is 1630. The van der Waals surface area contributed by atoms with Gasteiger partial charge in [0.15, 0.2) is 0 Å². The van der Waals surface area contributed by atoms with Crippen LogP contribution in [0, 0.1) is 0 Å². The number of anilines is 2. The van der Waals surface area contributed by atoms with E-state index in [2.05, 4.69) is 55.1 Å². The number of hydrogen-bond donors (Lipinski definition) is 2. The number of H-pyrrole nitrogens is 1. The van der Waals surface area contributed by atoms with Gasteiger partial charge in [-0.1, -0.05) is 6.42 Å². The highest BCUT2D eigenvalue weighted by Crippen LogP contribution is 2.40. The van der Waals surface area contributed by atoms with Gasteiger partial charge < -0.3 is 24.3 Å². The van der Waals surface area contributed by atoms with Crippen molar-refractivity contribution in [3.8, 4) is 0 Å². The van der Waals surface area contributed by atoms with Crippen LogP contribution in [-0.2, 0) is 16.1 Å². The van der Waals surface area contributed by atoms with Crippen molar-refractivity contribution in [1.29, 1.82) is 0 Å². The van der Waals surface area contributed by atoms with E-state index in [0.717, 1.165) is 63.8 Å². The van der Waals surface area contributed by atoms with E-state index in [4.69, 9.17) is 0 Å². The molecule has 40 heavy (non-hydrogen) atoms. The molecule has 2 aromatic heterocycles. The van der Waals surface area contributed by atoms with Crippen molar-refractivity contribution in [2.45, 2.75) is 32.2 Å². The maximum absolute atomic E-state index is 13.5. The number of likely N-dealkylation sites (tertiary alicyclic amines) is 1. The first-order valence-corrected chi connectivity index (χ1v) is 14.2. The SMILES string of the molecule is CN(C)c1ccc2[nH]cc(C3=C(c4cn(CCCN5CCCCC5)c5ccc(N(C)C)cc45)C(=O)NC3=O)c2c1. The molecule has 0 aliphatic carbocycles. The van der Waals surface area contributed by atoms with Crippen LogP contribution < -0.4 is 15.1 Å². The third-order valence-corrected chi connectivity index (χ3v) is 8.35. The standard InChI is InChI=1S/C32H38N6O2/c1-35(2)21-9-11-27-23(17-21)25(19-33-27)29-30(32(40)34-31(29)39)26-20-38(16-8-15-37-13-6-5-7-14-37)28-12-10-22(36(3)4)18-24(26)28/h9-12,17-20,33H,5-8,13-16H2,1-4H3,(H,34,39,40). The van der Waals surface area contributed by atoms with Crippen LogP contribution in [0.3, 0.4) is 0 Å². The minimum absolute atomic E-state index is 0.347. The number of piperidine rings is 1. The molecule has 4 heterocycles. The first-order valence-electron chi connectivity index (χ1n) is 14.2. The summed E-state index contributed by atoms with van der Waals surface area (Å²) in [5.74, 6) is -0.702. The van der Waals surface area contributed by atoms with Gasteiger partial charge in [-0.3, -0.25) is 14.9 Å². The molecule has 0 atom stereocenters. The minimum Gasteiger partial charge on any atom is -0.378 e. The Kier molecular flexibility index (Phi) is 6.88. The maximum atomic E-state index is 13.5. The molecule has 2 aliphatic heterocycles. The number of aromatic nitrogens is 2. The van der Waals surface area contributed by atoms with Crippen molar-refractivity contribution in [3.63, 3.8) is 0 Å². The molecule has 208 valence electrons. The molecule has 2 N–H and O–H groups in total. The van der Waals surface area contributed by atoms with Crippen molar-refractivity contribution in [3.05, 3.63) is 59.9 Å². The van der Waals surface area contributed by atoms with Gasteiger partial charge in [-0.15, -0.1) is 0 Å². The predicted molar refractivity (Wildman–Crippen MR) is 164 cm³/mol. The van der Waals surface area contributed by atoms with Crippen LogP contribution in [0.2, 0.25) is 0 Å². The van der Waals surface area contributed by atoms with Gasteiger partial charge in [-0.2, -0.15) is 0 Å². The highest BCUT2D eigenvalue weighted by Gasteiger charge is 2.35. The molecule has 2 amide bonds. The average Bonchev–Trinajstić information content (AvgIpc) is 3.60. The van der Waals surface area contributed by atoms with E-state index in [9.17, 15) is 9.59 Å². The molecule has 8 nitrogen and oxygen atoms in total. The van der Waals surface area contributed by atoms with Crippen LogP contribution in [0.1, 0.15) is 36.8 Å². The monoisotopic (exact) mass is 538 g/mol. The van der Waals surface area contributed by atoms with E-state index in [0.29, 0.717) is 11.1 Å². The molecule has 0 radical (unpaired) electrons. The number of benzene rings is 2. The number of nitrogens with one attached hydrogen (secondary N) is 2. The number of aromatic amines is 1. The minimum atomic E-state index is -0.356. The Hall–Kier alpha value is -4.04. The lowest BCUT2D eigenvalue weighted by molar-refractivity contribution is -0.122. The summed E-state index contributed by atoms with van der Waals surface area (Å²) in [4.78, 5) is 36.8. The van der Waals surface area contributed by atoms with E-state index in [1.165, 1.54) is 32.4 Å². The van der Waals surface area contributed by atoms with Gasteiger partial charge in [0.2, 0.25) is 0 Å². The Labute approximate surface area is 235 Å². The third-order valence-electron chi connectivity index (χ3n) is 8.35. The van der Waals surface area contributed by atoms with Crippen molar-refractivity contribution in [2.24, 2.45) is 0 Å².